The van der Waals surface area contributed by atoms with Gasteiger partial charge in [0.15, 0.2) is 5.54 Å². The normalized spacial score (nSPS) is 28.6. The second-order valence-electron chi connectivity index (χ2n) is 8.77. The van der Waals surface area contributed by atoms with E-state index in [0.29, 0.717) is 18.5 Å². The molecule has 5 atom stereocenters. The van der Waals surface area contributed by atoms with E-state index in [2.05, 4.69) is 0 Å². The molecule has 5 rings (SSSR count). The van der Waals surface area contributed by atoms with Crippen LogP contribution in [-0.2, 0) is 40.8 Å². The Hall–Kier alpha value is -3.49. The molecule has 2 fully saturated rings. The van der Waals surface area contributed by atoms with E-state index in [1.165, 1.54) is 6.08 Å². The van der Waals surface area contributed by atoms with Crippen molar-refractivity contribution in [3.63, 3.8) is 0 Å². The zero-order chi connectivity index (χ0) is 24.6. The molecule has 8 heteroatoms. The van der Waals surface area contributed by atoms with Gasteiger partial charge in [-0.25, -0.2) is 4.79 Å². The van der Waals surface area contributed by atoms with Gasteiger partial charge in [0.1, 0.15) is 5.92 Å². The zero-order valence-corrected chi connectivity index (χ0v) is 19.8. The predicted octanol–water partition coefficient (Wildman–Crippen LogP) is 3.12. The molecule has 2 aromatic carbocycles. The number of para-hydroxylation sites is 1. The van der Waals surface area contributed by atoms with Crippen LogP contribution in [0.3, 0.4) is 0 Å². The summed E-state index contributed by atoms with van der Waals surface area (Å²) in [5.74, 6) is -1.99. The Morgan fingerprint density at radius 3 is 2.51 bits per heavy atom. The topological polar surface area (TPSA) is 85.4 Å². The Morgan fingerprint density at radius 1 is 1.06 bits per heavy atom. The number of carbonyl (C=O) groups excluding carboxylic acids is 3. The summed E-state index contributed by atoms with van der Waals surface area (Å²) in [6.07, 6.45) is 2.95. The smallest absolute Gasteiger partial charge is 0.330 e. The number of hydrogen-bond donors (Lipinski definition) is 0. The Balaban J connectivity index is 1.60. The molecule has 0 aliphatic carbocycles. The third-order valence-corrected chi connectivity index (χ3v) is 6.84. The second kappa shape index (κ2) is 9.28. The van der Waals surface area contributed by atoms with Gasteiger partial charge in [-0.3, -0.25) is 14.4 Å². The van der Waals surface area contributed by atoms with Gasteiger partial charge in [0.05, 0.1) is 31.9 Å². The standard InChI is InChI=1S/C27H28N2O6/c1-3-33-23(30)15-14-19-16-22-24(25(31)34-4-2)27(29(19)35-22)20-12-8-9-13-21(20)28(26(27)32)17-18-10-6-5-7-11-18/h5-15,19,22,24H,3-4,16-17H2,1-2H3/b15-14+/t19-,22+,24-,27+/m1/s1. The van der Waals surface area contributed by atoms with Crippen molar-refractivity contribution in [3.05, 3.63) is 77.9 Å². The van der Waals surface area contributed by atoms with Gasteiger partial charge in [-0.05, 0) is 31.9 Å². The van der Waals surface area contributed by atoms with E-state index in [-0.39, 0.29) is 25.2 Å². The van der Waals surface area contributed by atoms with Gasteiger partial charge in [-0.2, -0.15) is 5.06 Å². The molecule has 3 aliphatic rings. The van der Waals surface area contributed by atoms with Crippen LogP contribution in [0.2, 0.25) is 0 Å². The number of ether oxygens (including phenoxy) is 2. The minimum Gasteiger partial charge on any atom is -0.466 e. The highest BCUT2D eigenvalue weighted by Gasteiger charge is 2.73. The lowest BCUT2D eigenvalue weighted by molar-refractivity contribution is -0.175. The molecule has 0 N–H and O–H groups in total. The molecule has 8 nitrogen and oxygen atoms in total. The van der Waals surface area contributed by atoms with Crippen molar-refractivity contribution in [2.45, 2.75) is 44.5 Å². The van der Waals surface area contributed by atoms with E-state index in [0.717, 1.165) is 11.3 Å². The molecule has 3 heterocycles. The van der Waals surface area contributed by atoms with Crippen LogP contribution in [0.4, 0.5) is 5.69 Å². The summed E-state index contributed by atoms with van der Waals surface area (Å²) in [5.41, 5.74) is 1.03. The van der Waals surface area contributed by atoms with E-state index >= 15 is 0 Å². The molecule has 0 aromatic heterocycles. The third-order valence-electron chi connectivity index (χ3n) is 6.84. The number of amides is 1. The van der Waals surface area contributed by atoms with Crippen LogP contribution in [0, 0.1) is 5.92 Å². The summed E-state index contributed by atoms with van der Waals surface area (Å²) in [6.45, 7) is 4.32. The number of fused-ring (bicyclic) bond motifs is 5. The zero-order valence-electron chi connectivity index (χ0n) is 19.8. The lowest BCUT2D eigenvalue weighted by Gasteiger charge is -2.40. The van der Waals surface area contributed by atoms with Gasteiger partial charge in [0.2, 0.25) is 0 Å². The molecule has 3 aliphatic heterocycles. The molecule has 2 bridgehead atoms. The van der Waals surface area contributed by atoms with Gasteiger partial charge >= 0.3 is 11.9 Å². The molecule has 1 spiro atoms. The van der Waals surface area contributed by atoms with Gasteiger partial charge in [-0.1, -0.05) is 54.6 Å². The summed E-state index contributed by atoms with van der Waals surface area (Å²) in [4.78, 5) is 47.5. The number of piperidine rings is 1. The number of hydroxylamine groups is 2. The fourth-order valence-electron chi connectivity index (χ4n) is 5.54. The Labute approximate surface area is 204 Å². The fourth-order valence-corrected chi connectivity index (χ4v) is 5.54. The molecule has 1 unspecified atom stereocenters. The maximum Gasteiger partial charge on any atom is 0.330 e. The summed E-state index contributed by atoms with van der Waals surface area (Å²) < 4.78 is 10.5. The van der Waals surface area contributed by atoms with Crippen LogP contribution >= 0.6 is 0 Å². The number of benzene rings is 2. The quantitative estimate of drug-likeness (QED) is 0.448. The first-order valence-corrected chi connectivity index (χ1v) is 11.9. The summed E-state index contributed by atoms with van der Waals surface area (Å²) in [5, 5.41) is 1.61. The third kappa shape index (κ3) is 3.64. The van der Waals surface area contributed by atoms with E-state index < -0.39 is 29.5 Å². The number of nitrogens with zero attached hydrogens (tertiary/aromatic N) is 2. The molecule has 35 heavy (non-hydrogen) atoms. The molecule has 0 radical (unpaired) electrons. The van der Waals surface area contributed by atoms with Gasteiger partial charge < -0.3 is 14.4 Å². The van der Waals surface area contributed by atoms with Crippen molar-refractivity contribution in [1.29, 1.82) is 0 Å². The number of hydrogen-bond acceptors (Lipinski definition) is 7. The summed E-state index contributed by atoms with van der Waals surface area (Å²) in [6, 6.07) is 16.8. The van der Waals surface area contributed by atoms with Crippen molar-refractivity contribution < 1.29 is 28.7 Å². The summed E-state index contributed by atoms with van der Waals surface area (Å²) >= 11 is 0. The van der Waals surface area contributed by atoms with Crippen molar-refractivity contribution in [2.75, 3.05) is 18.1 Å². The largest absolute Gasteiger partial charge is 0.466 e. The predicted molar refractivity (Wildman–Crippen MR) is 127 cm³/mol. The molecule has 2 saturated heterocycles. The molecular formula is C27H28N2O6. The first-order valence-electron chi connectivity index (χ1n) is 11.9. The van der Waals surface area contributed by atoms with Crippen LogP contribution in [0.1, 0.15) is 31.4 Å². The minimum atomic E-state index is -1.38. The average molecular weight is 477 g/mol. The maximum absolute atomic E-state index is 14.4. The van der Waals surface area contributed by atoms with Crippen LogP contribution < -0.4 is 4.90 Å². The molecule has 2 aromatic rings. The van der Waals surface area contributed by atoms with E-state index in [9.17, 15) is 14.4 Å². The van der Waals surface area contributed by atoms with Crippen molar-refractivity contribution >= 4 is 23.5 Å². The van der Waals surface area contributed by atoms with E-state index in [4.69, 9.17) is 14.3 Å². The highest BCUT2D eigenvalue weighted by Crippen LogP contribution is 2.59. The highest BCUT2D eigenvalue weighted by atomic mass is 16.7. The fraction of sp³-hybridized carbons (Fsp3) is 0.370. The average Bonchev–Trinajstić information content (AvgIpc) is 3.50. The number of esters is 2. The summed E-state index contributed by atoms with van der Waals surface area (Å²) in [7, 11) is 0. The molecule has 0 saturated carbocycles. The monoisotopic (exact) mass is 476 g/mol. The number of anilines is 1. The van der Waals surface area contributed by atoms with Crippen LogP contribution in [0.5, 0.6) is 0 Å². The van der Waals surface area contributed by atoms with Crippen LogP contribution in [-0.4, -0.2) is 48.3 Å². The SMILES string of the molecule is CCOC(=O)/C=C/[C@@H]1C[C@@H]2ON1[C@]1(C(=O)N(Cc3ccccc3)c3ccccc31)[C@H]2C(=O)OCC. The van der Waals surface area contributed by atoms with Gasteiger partial charge in [0.25, 0.3) is 5.91 Å². The van der Waals surface area contributed by atoms with Crippen molar-refractivity contribution in [3.8, 4) is 0 Å². The molecule has 182 valence electrons. The van der Waals surface area contributed by atoms with E-state index in [1.54, 1.807) is 29.9 Å². The maximum atomic E-state index is 14.4. The highest BCUT2D eigenvalue weighted by molar-refractivity contribution is 6.10. The first-order chi connectivity index (χ1) is 17.0. The number of carbonyl (C=O) groups is 3. The van der Waals surface area contributed by atoms with Crippen molar-refractivity contribution in [2.24, 2.45) is 5.92 Å². The van der Waals surface area contributed by atoms with Gasteiger partial charge in [-0.15, -0.1) is 0 Å². The van der Waals surface area contributed by atoms with Crippen LogP contribution in [0.25, 0.3) is 0 Å². The Kier molecular flexibility index (Phi) is 6.17. The van der Waals surface area contributed by atoms with Gasteiger partial charge in [0, 0.05) is 17.3 Å². The van der Waals surface area contributed by atoms with Crippen molar-refractivity contribution in [1.82, 2.24) is 5.06 Å². The lowest BCUT2D eigenvalue weighted by atomic mass is 9.72. The minimum absolute atomic E-state index is 0.202. The Morgan fingerprint density at radius 2 is 1.77 bits per heavy atom. The first kappa shape index (κ1) is 23.3. The Bertz CT molecular complexity index is 1170. The second-order valence-corrected chi connectivity index (χ2v) is 8.77. The lowest BCUT2D eigenvalue weighted by Crippen LogP contribution is -2.59. The molecule has 1 amide bonds. The number of rotatable bonds is 7. The van der Waals surface area contributed by atoms with Crippen LogP contribution in [0.15, 0.2) is 66.7 Å². The molecular weight excluding hydrogens is 448 g/mol. The van der Waals surface area contributed by atoms with E-state index in [1.807, 2.05) is 54.6 Å².